The molecule has 3 N–H and O–H groups in total. The van der Waals surface area contributed by atoms with Crippen molar-refractivity contribution in [3.05, 3.63) is 58.3 Å². The Bertz CT molecular complexity index is 888. The first-order chi connectivity index (χ1) is 13.1. The Morgan fingerprint density at radius 2 is 2.11 bits per heavy atom. The van der Waals surface area contributed by atoms with E-state index < -0.39 is 5.91 Å². The van der Waals surface area contributed by atoms with E-state index in [2.05, 4.69) is 23.5 Å². The number of nitrogens with two attached hydrogens (primary N) is 1. The van der Waals surface area contributed by atoms with Crippen molar-refractivity contribution in [1.29, 1.82) is 0 Å². The van der Waals surface area contributed by atoms with Gasteiger partial charge in [0.1, 0.15) is 5.69 Å². The summed E-state index contributed by atoms with van der Waals surface area (Å²) in [7, 11) is 0. The summed E-state index contributed by atoms with van der Waals surface area (Å²) in [6, 6.07) is 8.30. The zero-order valence-corrected chi connectivity index (χ0v) is 16.9. The van der Waals surface area contributed by atoms with E-state index in [1.54, 1.807) is 0 Å². The van der Waals surface area contributed by atoms with Crippen molar-refractivity contribution < 1.29 is 4.79 Å². The van der Waals surface area contributed by atoms with Crippen LogP contribution in [0.1, 0.15) is 55.1 Å². The summed E-state index contributed by atoms with van der Waals surface area (Å²) in [6.45, 7) is 6.60. The Morgan fingerprint density at radius 3 is 2.74 bits per heavy atom. The van der Waals surface area contributed by atoms with E-state index in [0.29, 0.717) is 18.2 Å². The molecule has 27 heavy (non-hydrogen) atoms. The summed E-state index contributed by atoms with van der Waals surface area (Å²) >= 11 is 6.46. The van der Waals surface area contributed by atoms with Gasteiger partial charge in [-0.25, -0.2) is 0 Å². The van der Waals surface area contributed by atoms with Crippen LogP contribution in [0.2, 0.25) is 0 Å². The molecule has 2 heterocycles. The predicted molar refractivity (Wildman–Crippen MR) is 113 cm³/mol. The summed E-state index contributed by atoms with van der Waals surface area (Å²) in [5.41, 5.74) is 9.63. The number of rotatable bonds is 6. The molecule has 0 spiro atoms. The highest BCUT2D eigenvalue weighted by Gasteiger charge is 2.21. The molecule has 0 aliphatic carbocycles. The maximum Gasteiger partial charge on any atom is 0.265 e. The number of carbonyl (C=O) groups excluding carboxylic acids is 1. The first kappa shape index (κ1) is 19.7. The highest BCUT2D eigenvalue weighted by Crippen LogP contribution is 2.34. The Hall–Kier alpha value is -2.04. The molecule has 1 amide bonds. The van der Waals surface area contributed by atoms with Gasteiger partial charge in [-0.3, -0.25) is 4.79 Å². The zero-order valence-electron chi connectivity index (χ0n) is 16.1. The van der Waals surface area contributed by atoms with Crippen LogP contribution >= 0.6 is 11.6 Å². The summed E-state index contributed by atoms with van der Waals surface area (Å²) in [4.78, 5) is 12.2. The van der Waals surface area contributed by atoms with Crippen molar-refractivity contribution in [1.82, 2.24) is 9.88 Å². The van der Waals surface area contributed by atoms with Crippen molar-refractivity contribution in [2.24, 2.45) is 5.73 Å². The molecule has 4 nitrogen and oxygen atoms in total. The van der Waals surface area contributed by atoms with Crippen LogP contribution in [0.3, 0.4) is 0 Å². The van der Waals surface area contributed by atoms with Crippen LogP contribution in [-0.2, 0) is 6.54 Å². The molecule has 1 aromatic heterocycles. The minimum absolute atomic E-state index is 0.407. The summed E-state index contributed by atoms with van der Waals surface area (Å²) < 4.78 is 2.01. The summed E-state index contributed by atoms with van der Waals surface area (Å²) in [5, 5.41) is 5.35. The quantitative estimate of drug-likeness (QED) is 0.709. The number of amides is 1. The second-order valence-electron chi connectivity index (χ2n) is 7.07. The van der Waals surface area contributed by atoms with Gasteiger partial charge in [0.2, 0.25) is 0 Å². The fourth-order valence-electron chi connectivity index (χ4n) is 4.00. The minimum Gasteiger partial charge on any atom is -0.364 e. The van der Waals surface area contributed by atoms with Crippen LogP contribution in [0.25, 0.3) is 10.9 Å². The monoisotopic (exact) mass is 385 g/mol. The molecule has 1 aliphatic heterocycles. The molecular formula is C22H28ClN3O. The van der Waals surface area contributed by atoms with E-state index in [1.165, 1.54) is 5.56 Å². The molecule has 144 valence electrons. The zero-order chi connectivity index (χ0) is 19.4. The number of primary amides is 1. The Kier molecular flexibility index (Phi) is 6.40. The number of hydrogen-bond donors (Lipinski definition) is 2. The number of halogens is 1. The van der Waals surface area contributed by atoms with Crippen LogP contribution in [0.4, 0.5) is 0 Å². The van der Waals surface area contributed by atoms with Crippen molar-refractivity contribution in [2.45, 2.75) is 45.6 Å². The van der Waals surface area contributed by atoms with Gasteiger partial charge in [-0.05, 0) is 68.5 Å². The van der Waals surface area contributed by atoms with Crippen LogP contribution < -0.4 is 11.1 Å². The van der Waals surface area contributed by atoms with Gasteiger partial charge >= 0.3 is 0 Å². The normalized spacial score (nSPS) is 16.9. The number of fused-ring (bicyclic) bond motifs is 1. The van der Waals surface area contributed by atoms with Crippen molar-refractivity contribution in [3.63, 3.8) is 0 Å². The number of piperidine rings is 1. The topological polar surface area (TPSA) is 60.0 Å². The van der Waals surface area contributed by atoms with Crippen molar-refractivity contribution >= 4 is 28.4 Å². The molecule has 1 saturated heterocycles. The number of benzene rings is 1. The predicted octanol–water partition coefficient (Wildman–Crippen LogP) is 4.69. The molecule has 5 heteroatoms. The van der Waals surface area contributed by atoms with Gasteiger partial charge in [-0.2, -0.15) is 0 Å². The van der Waals surface area contributed by atoms with Gasteiger partial charge in [0, 0.05) is 22.5 Å². The third-order valence-corrected chi connectivity index (χ3v) is 5.88. The Labute approximate surface area is 166 Å². The van der Waals surface area contributed by atoms with E-state index in [-0.39, 0.29) is 0 Å². The van der Waals surface area contributed by atoms with Gasteiger partial charge in [0.25, 0.3) is 5.91 Å². The number of nitrogens with one attached hydrogen (secondary N) is 1. The first-order valence-electron chi connectivity index (χ1n) is 9.69. The van der Waals surface area contributed by atoms with E-state index in [0.717, 1.165) is 53.9 Å². The second-order valence-corrected chi connectivity index (χ2v) is 7.52. The summed E-state index contributed by atoms with van der Waals surface area (Å²) in [5.74, 6) is 0.103. The van der Waals surface area contributed by atoms with Gasteiger partial charge < -0.3 is 15.6 Å². The molecule has 3 rings (SSSR count). The average Bonchev–Trinajstić information content (AvgIpc) is 3.06. The number of aromatic nitrogens is 1. The van der Waals surface area contributed by atoms with Crippen molar-refractivity contribution in [2.75, 3.05) is 13.1 Å². The van der Waals surface area contributed by atoms with Gasteiger partial charge in [-0.15, -0.1) is 0 Å². The van der Waals surface area contributed by atoms with Crippen molar-refractivity contribution in [3.8, 4) is 0 Å². The Balaban J connectivity index is 2.14. The maximum atomic E-state index is 12.2. The van der Waals surface area contributed by atoms with E-state index >= 15 is 0 Å². The SMILES string of the molecule is C/C=C\C(Cn1c(C(N)=O)cc2c(C3CCNCC3)cccc21)=C(\Cl)CC. The smallest absolute Gasteiger partial charge is 0.265 e. The standard InChI is InChI=1S/C22H28ClN3O/c1-3-6-16(19(23)4-2)14-26-20-8-5-7-17(15-9-11-25-12-10-15)18(20)13-21(26)22(24)27/h3,5-8,13,15,25H,4,9-12,14H2,1-2H3,(H2,24,27)/b6-3-,19-16-. The van der Waals surface area contributed by atoms with E-state index in [4.69, 9.17) is 17.3 Å². The first-order valence-corrected chi connectivity index (χ1v) is 10.1. The van der Waals surface area contributed by atoms with Crippen LogP contribution in [0.5, 0.6) is 0 Å². The van der Waals surface area contributed by atoms with E-state index in [9.17, 15) is 4.79 Å². The maximum absolute atomic E-state index is 12.2. The largest absolute Gasteiger partial charge is 0.364 e. The lowest BCUT2D eigenvalue weighted by atomic mass is 9.88. The van der Waals surface area contributed by atoms with Crippen LogP contribution in [0, 0.1) is 0 Å². The Morgan fingerprint density at radius 1 is 1.37 bits per heavy atom. The molecule has 1 aromatic carbocycles. The van der Waals surface area contributed by atoms with Crippen LogP contribution in [0.15, 0.2) is 47.0 Å². The lowest BCUT2D eigenvalue weighted by Crippen LogP contribution is -2.26. The lowest BCUT2D eigenvalue weighted by Gasteiger charge is -2.23. The molecule has 1 fully saturated rings. The molecule has 0 saturated carbocycles. The molecule has 0 atom stereocenters. The molecule has 0 unspecified atom stereocenters. The molecule has 2 aromatic rings. The van der Waals surface area contributed by atoms with Gasteiger partial charge in [0.15, 0.2) is 0 Å². The number of carbonyl (C=O) groups is 1. The highest BCUT2D eigenvalue weighted by molar-refractivity contribution is 6.30. The fourth-order valence-corrected chi connectivity index (χ4v) is 4.12. The van der Waals surface area contributed by atoms with Crippen LogP contribution in [-0.4, -0.2) is 23.6 Å². The number of hydrogen-bond acceptors (Lipinski definition) is 2. The van der Waals surface area contributed by atoms with Gasteiger partial charge in [0.05, 0.1) is 0 Å². The molecule has 1 aliphatic rings. The van der Waals surface area contributed by atoms with Gasteiger partial charge in [-0.1, -0.05) is 42.8 Å². The van der Waals surface area contributed by atoms with E-state index in [1.807, 2.05) is 36.6 Å². The number of nitrogens with zero attached hydrogens (tertiary/aromatic N) is 1. The molecule has 0 bridgehead atoms. The third kappa shape index (κ3) is 4.12. The fraction of sp³-hybridized carbons (Fsp3) is 0.409. The number of allylic oxidation sites excluding steroid dienone is 4. The molecular weight excluding hydrogens is 358 g/mol. The summed E-state index contributed by atoms with van der Waals surface area (Å²) in [6.07, 6.45) is 6.97. The average molecular weight is 386 g/mol. The minimum atomic E-state index is -0.407. The lowest BCUT2D eigenvalue weighted by molar-refractivity contribution is 0.0992. The molecule has 0 radical (unpaired) electrons. The second kappa shape index (κ2) is 8.77. The highest BCUT2D eigenvalue weighted by atomic mass is 35.5. The third-order valence-electron chi connectivity index (χ3n) is 5.37.